The topological polar surface area (TPSA) is 78.1 Å². The van der Waals surface area contributed by atoms with E-state index in [1.807, 2.05) is 53.4 Å². The molecule has 0 spiro atoms. The summed E-state index contributed by atoms with van der Waals surface area (Å²) in [6, 6.07) is 22.3. The van der Waals surface area contributed by atoms with Gasteiger partial charge in [-0.3, -0.25) is 9.69 Å². The number of carbonyl (C=O) groups excluding carboxylic acids is 1. The summed E-state index contributed by atoms with van der Waals surface area (Å²) in [5.74, 6) is 1.99. The Bertz CT molecular complexity index is 1150. The van der Waals surface area contributed by atoms with Crippen LogP contribution in [0.25, 0.3) is 0 Å². The summed E-state index contributed by atoms with van der Waals surface area (Å²) in [6.07, 6.45) is 2.32. The van der Waals surface area contributed by atoms with Gasteiger partial charge in [-0.05, 0) is 24.0 Å². The van der Waals surface area contributed by atoms with E-state index in [1.165, 1.54) is 17.3 Å². The van der Waals surface area contributed by atoms with Crippen LogP contribution >= 0.6 is 11.8 Å². The highest BCUT2D eigenvalue weighted by atomic mass is 32.2. The summed E-state index contributed by atoms with van der Waals surface area (Å²) in [6.45, 7) is 3.38. The Balaban J connectivity index is 1.18. The number of nitriles is 1. The number of amides is 1. The average molecular weight is 473 g/mol. The zero-order valence-corrected chi connectivity index (χ0v) is 19.9. The molecule has 2 aliphatic rings. The quantitative estimate of drug-likeness (QED) is 0.465. The van der Waals surface area contributed by atoms with E-state index in [-0.39, 0.29) is 11.9 Å². The van der Waals surface area contributed by atoms with Crippen molar-refractivity contribution in [2.24, 2.45) is 0 Å². The van der Waals surface area contributed by atoms with E-state index in [1.54, 1.807) is 0 Å². The van der Waals surface area contributed by atoms with Gasteiger partial charge in [-0.2, -0.15) is 5.26 Å². The fraction of sp³-hybridized carbons (Fsp3) is 0.385. The van der Waals surface area contributed by atoms with Crippen LogP contribution in [-0.2, 0) is 11.3 Å². The van der Waals surface area contributed by atoms with Crippen LogP contribution in [0.3, 0.4) is 0 Å². The van der Waals surface area contributed by atoms with Crippen molar-refractivity contribution in [3.8, 4) is 6.07 Å². The number of rotatable bonds is 8. The normalized spacial score (nSPS) is 17.3. The lowest BCUT2D eigenvalue weighted by Gasteiger charge is -2.37. The third-order valence-electron chi connectivity index (χ3n) is 6.47. The smallest absolute Gasteiger partial charge is 0.233 e. The largest absolute Gasteiger partial charge is 0.339 e. The molecular formula is C26H28N6OS. The summed E-state index contributed by atoms with van der Waals surface area (Å²) in [7, 11) is 0. The number of piperazine rings is 1. The van der Waals surface area contributed by atoms with Crippen molar-refractivity contribution < 1.29 is 4.79 Å². The summed E-state index contributed by atoms with van der Waals surface area (Å²) < 4.78 is 2.18. The van der Waals surface area contributed by atoms with Crippen LogP contribution in [0.2, 0.25) is 0 Å². The molecule has 0 bridgehead atoms. The van der Waals surface area contributed by atoms with Crippen LogP contribution in [-0.4, -0.2) is 62.4 Å². The lowest BCUT2D eigenvalue weighted by molar-refractivity contribution is -0.130. The maximum Gasteiger partial charge on any atom is 0.233 e. The molecule has 1 saturated carbocycles. The molecular weight excluding hydrogens is 444 g/mol. The third-order valence-corrected chi connectivity index (χ3v) is 7.42. The Labute approximate surface area is 204 Å². The second-order valence-corrected chi connectivity index (χ2v) is 9.78. The zero-order valence-electron chi connectivity index (χ0n) is 19.1. The molecule has 2 aromatic carbocycles. The second kappa shape index (κ2) is 10.4. The predicted molar refractivity (Wildman–Crippen MR) is 131 cm³/mol. The van der Waals surface area contributed by atoms with Crippen molar-refractivity contribution in [3.63, 3.8) is 0 Å². The van der Waals surface area contributed by atoms with E-state index in [4.69, 9.17) is 0 Å². The molecule has 8 heteroatoms. The number of aromatic nitrogens is 3. The standard InChI is InChI=1S/C26H28N6OS/c27-17-23(21-9-5-2-6-10-21)30-13-15-31(16-14-30)24(33)19-34-26-29-28-25(22-11-12-22)32(26)18-20-7-3-1-4-8-20/h1-10,22-23H,11-16,18-19H2. The highest BCUT2D eigenvalue weighted by Gasteiger charge is 2.31. The Hall–Kier alpha value is -3.15. The summed E-state index contributed by atoms with van der Waals surface area (Å²) in [4.78, 5) is 17.0. The minimum absolute atomic E-state index is 0.111. The van der Waals surface area contributed by atoms with Crippen molar-refractivity contribution in [1.29, 1.82) is 5.26 Å². The molecule has 0 N–H and O–H groups in total. The molecule has 3 aromatic rings. The minimum Gasteiger partial charge on any atom is -0.339 e. The second-order valence-electron chi connectivity index (χ2n) is 8.83. The minimum atomic E-state index is -0.273. The fourth-order valence-corrected chi connectivity index (χ4v) is 5.26. The van der Waals surface area contributed by atoms with Gasteiger partial charge in [-0.1, -0.05) is 72.4 Å². The summed E-state index contributed by atoms with van der Waals surface area (Å²) in [5, 5.41) is 19.4. The molecule has 1 amide bonds. The molecule has 5 rings (SSSR count). The van der Waals surface area contributed by atoms with Crippen LogP contribution in [0.4, 0.5) is 0 Å². The Kier molecular flexibility index (Phi) is 6.93. The van der Waals surface area contributed by atoms with Crippen molar-refractivity contribution >= 4 is 17.7 Å². The van der Waals surface area contributed by atoms with Gasteiger partial charge in [0, 0.05) is 32.1 Å². The predicted octanol–water partition coefficient (Wildman–Crippen LogP) is 3.70. The molecule has 2 heterocycles. The monoisotopic (exact) mass is 472 g/mol. The van der Waals surface area contributed by atoms with Crippen molar-refractivity contribution in [2.75, 3.05) is 31.9 Å². The molecule has 1 aliphatic carbocycles. The van der Waals surface area contributed by atoms with Gasteiger partial charge in [0.1, 0.15) is 11.9 Å². The van der Waals surface area contributed by atoms with Gasteiger partial charge >= 0.3 is 0 Å². The van der Waals surface area contributed by atoms with E-state index >= 15 is 0 Å². The van der Waals surface area contributed by atoms with Crippen LogP contribution in [0.5, 0.6) is 0 Å². The first-order chi connectivity index (χ1) is 16.7. The molecule has 1 aliphatic heterocycles. The lowest BCUT2D eigenvalue weighted by atomic mass is 10.1. The summed E-state index contributed by atoms with van der Waals surface area (Å²) in [5.41, 5.74) is 2.21. The number of thioether (sulfide) groups is 1. The third kappa shape index (κ3) is 5.16. The zero-order chi connectivity index (χ0) is 23.3. The van der Waals surface area contributed by atoms with Gasteiger partial charge in [0.25, 0.3) is 0 Å². The average Bonchev–Trinajstić information content (AvgIpc) is 3.66. The summed E-state index contributed by atoms with van der Waals surface area (Å²) >= 11 is 1.47. The molecule has 1 saturated heterocycles. The van der Waals surface area contributed by atoms with E-state index in [9.17, 15) is 10.1 Å². The number of hydrogen-bond acceptors (Lipinski definition) is 6. The van der Waals surface area contributed by atoms with Crippen LogP contribution in [0.1, 0.15) is 41.8 Å². The SMILES string of the molecule is N#CC(c1ccccc1)N1CCN(C(=O)CSc2nnc(C3CC3)n2Cc2ccccc2)CC1. The molecule has 7 nitrogen and oxygen atoms in total. The highest BCUT2D eigenvalue weighted by Crippen LogP contribution is 2.40. The first-order valence-corrected chi connectivity index (χ1v) is 12.8. The molecule has 174 valence electrons. The maximum atomic E-state index is 13.0. The fourth-order valence-electron chi connectivity index (χ4n) is 4.41. The van der Waals surface area contributed by atoms with Crippen LogP contribution in [0, 0.1) is 11.3 Å². The first kappa shape index (κ1) is 22.6. The molecule has 2 fully saturated rings. The van der Waals surface area contributed by atoms with Gasteiger partial charge in [0.2, 0.25) is 5.91 Å². The highest BCUT2D eigenvalue weighted by molar-refractivity contribution is 7.99. The van der Waals surface area contributed by atoms with Crippen LogP contribution < -0.4 is 0 Å². The number of nitrogens with zero attached hydrogens (tertiary/aromatic N) is 6. The van der Waals surface area contributed by atoms with Gasteiger partial charge in [-0.15, -0.1) is 10.2 Å². The van der Waals surface area contributed by atoms with Crippen molar-refractivity contribution in [3.05, 3.63) is 77.6 Å². The molecule has 1 atom stereocenters. The lowest BCUT2D eigenvalue weighted by Crippen LogP contribution is -2.50. The van der Waals surface area contributed by atoms with E-state index in [0.29, 0.717) is 37.8 Å². The van der Waals surface area contributed by atoms with Gasteiger partial charge in [0.05, 0.1) is 18.4 Å². The van der Waals surface area contributed by atoms with E-state index < -0.39 is 0 Å². The van der Waals surface area contributed by atoms with Crippen molar-refractivity contribution in [2.45, 2.75) is 36.5 Å². The Morgan fingerprint density at radius 2 is 1.68 bits per heavy atom. The molecule has 34 heavy (non-hydrogen) atoms. The van der Waals surface area contributed by atoms with Crippen LogP contribution in [0.15, 0.2) is 65.8 Å². The van der Waals surface area contributed by atoms with Gasteiger partial charge in [0.15, 0.2) is 5.16 Å². The molecule has 1 unspecified atom stereocenters. The first-order valence-electron chi connectivity index (χ1n) is 11.8. The maximum absolute atomic E-state index is 13.0. The number of benzene rings is 2. The van der Waals surface area contributed by atoms with E-state index in [0.717, 1.165) is 35.9 Å². The number of carbonyl (C=O) groups is 1. The van der Waals surface area contributed by atoms with Gasteiger partial charge < -0.3 is 9.47 Å². The molecule has 0 radical (unpaired) electrons. The number of hydrogen-bond donors (Lipinski definition) is 0. The van der Waals surface area contributed by atoms with Gasteiger partial charge in [-0.25, -0.2) is 0 Å². The van der Waals surface area contributed by atoms with Crippen molar-refractivity contribution in [1.82, 2.24) is 24.6 Å². The van der Waals surface area contributed by atoms with E-state index in [2.05, 4.69) is 37.9 Å². The Morgan fingerprint density at radius 1 is 1.00 bits per heavy atom. The molecule has 1 aromatic heterocycles. The Morgan fingerprint density at radius 3 is 2.32 bits per heavy atom.